The van der Waals surface area contributed by atoms with E-state index < -0.39 is 10.0 Å². The first-order valence-electron chi connectivity index (χ1n) is 5.67. The molecule has 0 aliphatic rings. The fourth-order valence-electron chi connectivity index (χ4n) is 1.62. The molecular formula is C13H11ClN2O2S2. The molecule has 1 N–H and O–H groups in total. The lowest BCUT2D eigenvalue weighted by Crippen LogP contribution is -2.22. The Kier molecular flexibility index (Phi) is 4.45. The molecule has 1 aromatic heterocycles. The van der Waals surface area contributed by atoms with Crippen LogP contribution in [0, 0.1) is 18.3 Å². The van der Waals surface area contributed by atoms with Crippen LogP contribution in [-0.2, 0) is 16.6 Å². The SMILES string of the molecule is Cc1cc(S(=O)(=O)NCc2ccc(Cl)s2)ccc1C#N. The van der Waals surface area contributed by atoms with E-state index in [1.165, 1.54) is 29.5 Å². The van der Waals surface area contributed by atoms with Crippen molar-refractivity contribution in [2.24, 2.45) is 0 Å². The van der Waals surface area contributed by atoms with E-state index >= 15 is 0 Å². The molecule has 0 unspecified atom stereocenters. The van der Waals surface area contributed by atoms with Crippen molar-refractivity contribution in [1.29, 1.82) is 5.26 Å². The van der Waals surface area contributed by atoms with Crippen molar-refractivity contribution in [3.05, 3.63) is 50.7 Å². The molecule has 2 aromatic rings. The highest BCUT2D eigenvalue weighted by Crippen LogP contribution is 2.22. The summed E-state index contributed by atoms with van der Waals surface area (Å²) in [4.78, 5) is 0.987. The van der Waals surface area contributed by atoms with Gasteiger partial charge in [-0.3, -0.25) is 0 Å². The van der Waals surface area contributed by atoms with Gasteiger partial charge in [-0.05, 0) is 42.8 Å². The van der Waals surface area contributed by atoms with Gasteiger partial charge in [0.2, 0.25) is 10.0 Å². The summed E-state index contributed by atoms with van der Waals surface area (Å²) >= 11 is 7.12. The summed E-state index contributed by atoms with van der Waals surface area (Å²) in [5.74, 6) is 0. The molecule has 1 heterocycles. The van der Waals surface area contributed by atoms with Gasteiger partial charge in [0.15, 0.2) is 0 Å². The van der Waals surface area contributed by atoms with Crippen LogP contribution in [0.25, 0.3) is 0 Å². The number of nitriles is 1. The molecular weight excluding hydrogens is 316 g/mol. The van der Waals surface area contributed by atoms with E-state index in [0.717, 1.165) is 4.88 Å². The largest absolute Gasteiger partial charge is 0.240 e. The maximum atomic E-state index is 12.1. The molecule has 20 heavy (non-hydrogen) atoms. The Labute approximate surface area is 126 Å². The monoisotopic (exact) mass is 326 g/mol. The smallest absolute Gasteiger partial charge is 0.207 e. The maximum absolute atomic E-state index is 12.1. The number of nitrogens with zero attached hydrogens (tertiary/aromatic N) is 1. The predicted octanol–water partition coefficient (Wildman–Crippen LogP) is 3.06. The lowest BCUT2D eigenvalue weighted by atomic mass is 10.1. The molecule has 0 saturated heterocycles. The molecule has 0 aliphatic carbocycles. The second-order valence-corrected chi connectivity index (χ2v) is 7.69. The Hall–Kier alpha value is -1.39. The number of rotatable bonds is 4. The van der Waals surface area contributed by atoms with E-state index in [1.54, 1.807) is 19.1 Å². The summed E-state index contributed by atoms with van der Waals surface area (Å²) in [6.07, 6.45) is 0. The van der Waals surface area contributed by atoms with Crippen molar-refractivity contribution < 1.29 is 8.42 Å². The molecule has 0 amide bonds. The highest BCUT2D eigenvalue weighted by molar-refractivity contribution is 7.89. The molecule has 0 atom stereocenters. The fourth-order valence-corrected chi connectivity index (χ4v) is 3.83. The van der Waals surface area contributed by atoms with Crippen molar-refractivity contribution in [2.75, 3.05) is 0 Å². The highest BCUT2D eigenvalue weighted by atomic mass is 35.5. The lowest BCUT2D eigenvalue weighted by Gasteiger charge is -2.07. The quantitative estimate of drug-likeness (QED) is 0.938. The summed E-state index contributed by atoms with van der Waals surface area (Å²) in [6.45, 7) is 1.90. The van der Waals surface area contributed by atoms with Gasteiger partial charge in [0, 0.05) is 11.4 Å². The second-order valence-electron chi connectivity index (χ2n) is 4.12. The zero-order valence-corrected chi connectivity index (χ0v) is 12.9. The first kappa shape index (κ1) is 15.0. The third-order valence-electron chi connectivity index (χ3n) is 2.69. The van der Waals surface area contributed by atoms with Crippen molar-refractivity contribution in [1.82, 2.24) is 4.72 Å². The van der Waals surface area contributed by atoms with Crippen LogP contribution in [-0.4, -0.2) is 8.42 Å². The number of thiophene rings is 1. The lowest BCUT2D eigenvalue weighted by molar-refractivity contribution is 0.581. The molecule has 0 bridgehead atoms. The molecule has 0 radical (unpaired) electrons. The van der Waals surface area contributed by atoms with E-state index in [0.29, 0.717) is 15.5 Å². The summed E-state index contributed by atoms with van der Waals surface area (Å²) in [5.41, 5.74) is 1.10. The highest BCUT2D eigenvalue weighted by Gasteiger charge is 2.15. The normalized spacial score (nSPS) is 11.2. The Balaban J connectivity index is 2.18. The van der Waals surface area contributed by atoms with Crippen molar-refractivity contribution in [2.45, 2.75) is 18.4 Å². The minimum absolute atomic E-state index is 0.150. The summed E-state index contributed by atoms with van der Waals surface area (Å²) in [5, 5.41) is 8.84. The van der Waals surface area contributed by atoms with Gasteiger partial charge in [-0.2, -0.15) is 5.26 Å². The fraction of sp³-hybridized carbons (Fsp3) is 0.154. The predicted molar refractivity (Wildman–Crippen MR) is 79.2 cm³/mol. The van der Waals surface area contributed by atoms with Gasteiger partial charge < -0.3 is 0 Å². The summed E-state index contributed by atoms with van der Waals surface area (Å²) in [6, 6.07) is 9.93. The molecule has 2 rings (SSSR count). The second kappa shape index (κ2) is 5.94. The first-order valence-corrected chi connectivity index (χ1v) is 8.35. The number of nitrogens with one attached hydrogen (secondary N) is 1. The van der Waals surface area contributed by atoms with Gasteiger partial charge >= 0.3 is 0 Å². The van der Waals surface area contributed by atoms with Gasteiger partial charge in [0.05, 0.1) is 20.9 Å². The number of aryl methyl sites for hydroxylation is 1. The Morgan fingerprint density at radius 3 is 2.65 bits per heavy atom. The first-order chi connectivity index (χ1) is 9.42. The number of hydrogen-bond acceptors (Lipinski definition) is 4. The van der Waals surface area contributed by atoms with Crippen LogP contribution in [0.15, 0.2) is 35.2 Å². The molecule has 0 saturated carbocycles. The van der Waals surface area contributed by atoms with Gasteiger partial charge in [0.25, 0.3) is 0 Å². The van der Waals surface area contributed by atoms with E-state index in [4.69, 9.17) is 16.9 Å². The van der Waals surface area contributed by atoms with Crippen LogP contribution in [0.1, 0.15) is 16.0 Å². The number of hydrogen-bond donors (Lipinski definition) is 1. The minimum atomic E-state index is -3.59. The third-order valence-corrected chi connectivity index (χ3v) is 5.32. The Morgan fingerprint density at radius 2 is 2.10 bits per heavy atom. The van der Waals surface area contributed by atoms with Gasteiger partial charge in [0.1, 0.15) is 0 Å². The summed E-state index contributed by atoms with van der Waals surface area (Å²) < 4.78 is 27.4. The zero-order valence-electron chi connectivity index (χ0n) is 10.6. The Bertz CT molecular complexity index is 776. The average Bonchev–Trinajstić information content (AvgIpc) is 2.82. The van der Waals surface area contributed by atoms with Crippen LogP contribution in [0.4, 0.5) is 0 Å². The Morgan fingerprint density at radius 1 is 1.35 bits per heavy atom. The van der Waals surface area contributed by atoms with Gasteiger partial charge in [-0.25, -0.2) is 13.1 Å². The van der Waals surface area contributed by atoms with E-state index in [-0.39, 0.29) is 11.4 Å². The number of benzene rings is 1. The molecule has 4 nitrogen and oxygen atoms in total. The maximum Gasteiger partial charge on any atom is 0.240 e. The van der Waals surface area contributed by atoms with Crippen LogP contribution >= 0.6 is 22.9 Å². The zero-order chi connectivity index (χ0) is 14.8. The van der Waals surface area contributed by atoms with Crippen LogP contribution < -0.4 is 4.72 Å². The molecule has 0 aliphatic heterocycles. The van der Waals surface area contributed by atoms with Crippen LogP contribution in [0.2, 0.25) is 4.34 Å². The van der Waals surface area contributed by atoms with Crippen LogP contribution in [0.3, 0.4) is 0 Å². The molecule has 7 heteroatoms. The van der Waals surface area contributed by atoms with E-state index in [9.17, 15) is 8.42 Å². The van der Waals surface area contributed by atoms with Crippen LogP contribution in [0.5, 0.6) is 0 Å². The minimum Gasteiger partial charge on any atom is -0.207 e. The summed E-state index contributed by atoms with van der Waals surface area (Å²) in [7, 11) is -3.59. The third kappa shape index (κ3) is 3.38. The molecule has 1 aromatic carbocycles. The van der Waals surface area contributed by atoms with Crippen molar-refractivity contribution >= 4 is 33.0 Å². The standard InChI is InChI=1S/C13H11ClN2O2S2/c1-9-6-12(4-2-10(9)7-15)20(17,18)16-8-11-3-5-13(14)19-11/h2-6,16H,8H2,1H3. The molecule has 0 fully saturated rings. The van der Waals surface area contributed by atoms with Gasteiger partial charge in [-0.15, -0.1) is 11.3 Å². The topological polar surface area (TPSA) is 70.0 Å². The van der Waals surface area contributed by atoms with Crippen molar-refractivity contribution in [3.8, 4) is 6.07 Å². The van der Waals surface area contributed by atoms with Crippen molar-refractivity contribution in [3.63, 3.8) is 0 Å². The van der Waals surface area contributed by atoms with E-state index in [2.05, 4.69) is 4.72 Å². The number of sulfonamides is 1. The average molecular weight is 327 g/mol. The van der Waals surface area contributed by atoms with Gasteiger partial charge in [-0.1, -0.05) is 11.6 Å². The molecule has 0 spiro atoms. The molecule has 104 valence electrons. The number of halogens is 1. The van der Waals surface area contributed by atoms with E-state index in [1.807, 2.05) is 6.07 Å².